The standard InChI is InChI=1S/C10H10ClNO/c11-7-2-1-4-9-5-3-6-10(8-13)12-9/h1,3-6,8H,2,7H2. The minimum absolute atomic E-state index is 0.452. The number of alkyl halides is 1. The molecule has 68 valence electrons. The van der Waals surface area contributed by atoms with E-state index in [2.05, 4.69) is 4.98 Å². The number of pyridine rings is 1. The minimum Gasteiger partial charge on any atom is -0.296 e. The Balaban J connectivity index is 2.71. The number of rotatable bonds is 4. The third-order valence-corrected chi connectivity index (χ3v) is 1.70. The maximum absolute atomic E-state index is 10.4. The first kappa shape index (κ1) is 9.93. The highest BCUT2D eigenvalue weighted by atomic mass is 35.5. The molecule has 0 aromatic carbocycles. The molecule has 0 saturated carbocycles. The van der Waals surface area contributed by atoms with Gasteiger partial charge in [0.05, 0.1) is 5.69 Å². The Bertz CT molecular complexity index is 310. The van der Waals surface area contributed by atoms with E-state index in [1.165, 1.54) is 0 Å². The predicted octanol–water partition coefficient (Wildman–Crippen LogP) is 2.54. The second-order valence-corrected chi connectivity index (χ2v) is 2.86. The van der Waals surface area contributed by atoms with E-state index < -0.39 is 0 Å². The van der Waals surface area contributed by atoms with Gasteiger partial charge in [-0.2, -0.15) is 0 Å². The number of hydrogen-bond acceptors (Lipinski definition) is 2. The highest BCUT2D eigenvalue weighted by Crippen LogP contribution is 2.01. The molecule has 3 heteroatoms. The second-order valence-electron chi connectivity index (χ2n) is 2.49. The van der Waals surface area contributed by atoms with E-state index in [1.807, 2.05) is 18.2 Å². The van der Waals surface area contributed by atoms with Crippen LogP contribution in [0.4, 0.5) is 0 Å². The van der Waals surface area contributed by atoms with Crippen molar-refractivity contribution >= 4 is 24.0 Å². The van der Waals surface area contributed by atoms with Crippen molar-refractivity contribution in [2.24, 2.45) is 0 Å². The molecule has 13 heavy (non-hydrogen) atoms. The highest BCUT2D eigenvalue weighted by Gasteiger charge is 1.91. The van der Waals surface area contributed by atoms with Gasteiger partial charge >= 0.3 is 0 Å². The van der Waals surface area contributed by atoms with Crippen LogP contribution in [0.25, 0.3) is 6.08 Å². The Kier molecular flexibility index (Phi) is 4.19. The van der Waals surface area contributed by atoms with Gasteiger partial charge in [0, 0.05) is 5.88 Å². The Morgan fingerprint density at radius 3 is 2.85 bits per heavy atom. The summed E-state index contributed by atoms with van der Waals surface area (Å²) in [6.07, 6.45) is 5.34. The Hall–Kier alpha value is -1.15. The molecular weight excluding hydrogens is 186 g/mol. The molecule has 0 bridgehead atoms. The van der Waals surface area contributed by atoms with Crippen molar-refractivity contribution in [1.29, 1.82) is 0 Å². The smallest absolute Gasteiger partial charge is 0.168 e. The number of carbonyl (C=O) groups is 1. The maximum Gasteiger partial charge on any atom is 0.168 e. The molecule has 0 atom stereocenters. The lowest BCUT2D eigenvalue weighted by atomic mass is 10.3. The first-order valence-electron chi connectivity index (χ1n) is 4.01. The lowest BCUT2D eigenvalue weighted by Gasteiger charge is -1.92. The van der Waals surface area contributed by atoms with Crippen molar-refractivity contribution < 1.29 is 4.79 Å². The molecule has 0 amide bonds. The van der Waals surface area contributed by atoms with Gasteiger partial charge in [0.25, 0.3) is 0 Å². The quantitative estimate of drug-likeness (QED) is 0.546. The molecule has 1 aromatic rings. The van der Waals surface area contributed by atoms with Crippen molar-refractivity contribution in [2.75, 3.05) is 5.88 Å². The SMILES string of the molecule is O=Cc1cccc(C=CCCCl)n1. The molecule has 0 radical (unpaired) electrons. The van der Waals surface area contributed by atoms with Crippen molar-refractivity contribution in [3.8, 4) is 0 Å². The zero-order valence-electron chi connectivity index (χ0n) is 7.11. The van der Waals surface area contributed by atoms with Crippen molar-refractivity contribution in [2.45, 2.75) is 6.42 Å². The minimum atomic E-state index is 0.452. The van der Waals surface area contributed by atoms with Crippen molar-refractivity contribution in [3.63, 3.8) is 0 Å². The monoisotopic (exact) mass is 195 g/mol. The summed E-state index contributed by atoms with van der Waals surface area (Å²) in [6.45, 7) is 0. The topological polar surface area (TPSA) is 30.0 Å². The fraction of sp³-hybridized carbons (Fsp3) is 0.200. The van der Waals surface area contributed by atoms with Gasteiger partial charge in [0.1, 0.15) is 5.69 Å². The van der Waals surface area contributed by atoms with Gasteiger partial charge in [-0.3, -0.25) is 4.79 Å². The van der Waals surface area contributed by atoms with Gasteiger partial charge in [-0.15, -0.1) is 11.6 Å². The zero-order chi connectivity index (χ0) is 9.52. The van der Waals surface area contributed by atoms with E-state index in [0.29, 0.717) is 11.6 Å². The van der Waals surface area contributed by atoms with E-state index in [1.54, 1.807) is 12.1 Å². The van der Waals surface area contributed by atoms with Crippen LogP contribution in [-0.2, 0) is 0 Å². The van der Waals surface area contributed by atoms with E-state index in [-0.39, 0.29) is 0 Å². The molecule has 1 aromatic heterocycles. The van der Waals surface area contributed by atoms with Crippen molar-refractivity contribution in [1.82, 2.24) is 4.98 Å². The van der Waals surface area contributed by atoms with E-state index in [0.717, 1.165) is 18.4 Å². The third kappa shape index (κ3) is 3.38. The molecule has 0 spiro atoms. The summed E-state index contributed by atoms with van der Waals surface area (Å²) in [5.41, 5.74) is 1.24. The molecule has 0 saturated heterocycles. The molecule has 1 rings (SSSR count). The van der Waals surface area contributed by atoms with Crippen LogP contribution in [0, 0.1) is 0 Å². The number of aldehydes is 1. The van der Waals surface area contributed by atoms with Gasteiger partial charge < -0.3 is 0 Å². The Labute approximate surface area is 82.3 Å². The van der Waals surface area contributed by atoms with Gasteiger partial charge in [-0.05, 0) is 24.6 Å². The fourth-order valence-corrected chi connectivity index (χ4v) is 1.02. The molecule has 0 unspecified atom stereocenters. The Morgan fingerprint density at radius 1 is 1.38 bits per heavy atom. The number of allylic oxidation sites excluding steroid dienone is 1. The summed E-state index contributed by atoms with van der Waals surface area (Å²) in [5, 5.41) is 0. The first-order chi connectivity index (χ1) is 6.36. The van der Waals surface area contributed by atoms with Gasteiger partial charge in [0.15, 0.2) is 6.29 Å². The number of nitrogens with zero attached hydrogens (tertiary/aromatic N) is 1. The average Bonchev–Trinajstić information content (AvgIpc) is 2.19. The number of carbonyl (C=O) groups excluding carboxylic acids is 1. The lowest BCUT2D eigenvalue weighted by molar-refractivity contribution is 0.111. The fourth-order valence-electron chi connectivity index (χ4n) is 0.894. The van der Waals surface area contributed by atoms with Crippen LogP contribution in [0.1, 0.15) is 22.6 Å². The second kappa shape index (κ2) is 5.49. The predicted molar refractivity (Wildman–Crippen MR) is 54.0 cm³/mol. The summed E-state index contributed by atoms with van der Waals surface area (Å²) in [7, 11) is 0. The van der Waals surface area contributed by atoms with Gasteiger partial charge in [-0.25, -0.2) is 4.98 Å². The Morgan fingerprint density at radius 2 is 2.15 bits per heavy atom. The summed E-state index contributed by atoms with van der Waals surface area (Å²) in [4.78, 5) is 14.4. The lowest BCUT2D eigenvalue weighted by Crippen LogP contribution is -1.87. The third-order valence-electron chi connectivity index (χ3n) is 1.48. The summed E-state index contributed by atoms with van der Waals surface area (Å²) >= 11 is 5.50. The average molecular weight is 196 g/mol. The summed E-state index contributed by atoms with van der Waals surface area (Å²) in [6, 6.07) is 5.32. The number of hydrogen-bond donors (Lipinski definition) is 0. The molecule has 0 N–H and O–H groups in total. The van der Waals surface area contributed by atoms with Crippen LogP contribution in [0.3, 0.4) is 0 Å². The van der Waals surface area contributed by atoms with Crippen LogP contribution < -0.4 is 0 Å². The van der Waals surface area contributed by atoms with Crippen LogP contribution in [0.2, 0.25) is 0 Å². The molecule has 0 fully saturated rings. The summed E-state index contributed by atoms with van der Waals surface area (Å²) < 4.78 is 0. The molecule has 0 aliphatic carbocycles. The van der Waals surface area contributed by atoms with Gasteiger partial charge in [0.2, 0.25) is 0 Å². The number of halogens is 1. The van der Waals surface area contributed by atoms with Crippen LogP contribution >= 0.6 is 11.6 Å². The molecule has 0 aliphatic rings. The van der Waals surface area contributed by atoms with Crippen LogP contribution in [-0.4, -0.2) is 17.2 Å². The van der Waals surface area contributed by atoms with E-state index in [4.69, 9.17) is 11.6 Å². The summed E-state index contributed by atoms with van der Waals surface area (Å²) in [5.74, 6) is 0.601. The zero-order valence-corrected chi connectivity index (χ0v) is 7.87. The molecule has 2 nitrogen and oxygen atoms in total. The highest BCUT2D eigenvalue weighted by molar-refractivity contribution is 6.17. The molecular formula is C10H10ClNO. The van der Waals surface area contributed by atoms with E-state index >= 15 is 0 Å². The first-order valence-corrected chi connectivity index (χ1v) is 4.55. The normalized spacial score (nSPS) is 10.5. The maximum atomic E-state index is 10.4. The van der Waals surface area contributed by atoms with E-state index in [9.17, 15) is 4.79 Å². The van der Waals surface area contributed by atoms with Crippen LogP contribution in [0.15, 0.2) is 24.3 Å². The largest absolute Gasteiger partial charge is 0.296 e. The molecule has 0 aliphatic heterocycles. The van der Waals surface area contributed by atoms with Gasteiger partial charge in [-0.1, -0.05) is 12.1 Å². The number of aromatic nitrogens is 1. The van der Waals surface area contributed by atoms with Crippen molar-refractivity contribution in [3.05, 3.63) is 35.7 Å². The van der Waals surface area contributed by atoms with Crippen LogP contribution in [0.5, 0.6) is 0 Å². The molecule has 1 heterocycles.